The zero-order chi connectivity index (χ0) is 15.6. The summed E-state index contributed by atoms with van der Waals surface area (Å²) in [4.78, 5) is 14.0. The van der Waals surface area contributed by atoms with Crippen molar-refractivity contribution in [1.82, 2.24) is 0 Å². The van der Waals surface area contributed by atoms with Gasteiger partial charge < -0.3 is 4.90 Å². The maximum atomic E-state index is 13.8. The van der Waals surface area contributed by atoms with E-state index < -0.39 is 17.5 Å². The molecule has 0 bridgehead atoms. The molecule has 2 aromatic carbocycles. The third-order valence-electron chi connectivity index (χ3n) is 3.38. The van der Waals surface area contributed by atoms with Gasteiger partial charge in [0, 0.05) is 12.2 Å². The number of amides is 1. The molecule has 0 atom stereocenters. The van der Waals surface area contributed by atoms with Crippen molar-refractivity contribution >= 4 is 11.6 Å². The van der Waals surface area contributed by atoms with Crippen LogP contribution in [0.1, 0.15) is 28.4 Å². The molecule has 0 aliphatic rings. The maximum absolute atomic E-state index is 13.8. The maximum Gasteiger partial charge on any atom is 0.261 e. The molecule has 0 unspecified atom stereocenters. The molecule has 0 heterocycles. The third-order valence-corrected chi connectivity index (χ3v) is 3.38. The van der Waals surface area contributed by atoms with E-state index in [0.29, 0.717) is 12.2 Å². The topological polar surface area (TPSA) is 20.3 Å². The minimum Gasteiger partial charge on any atom is -0.308 e. The summed E-state index contributed by atoms with van der Waals surface area (Å²) >= 11 is 0. The van der Waals surface area contributed by atoms with Crippen molar-refractivity contribution in [2.75, 3.05) is 11.4 Å². The summed E-state index contributed by atoms with van der Waals surface area (Å²) in [6, 6.07) is 8.63. The van der Waals surface area contributed by atoms with Crippen molar-refractivity contribution in [2.24, 2.45) is 0 Å². The average Bonchev–Trinajstić information content (AvgIpc) is 2.46. The number of benzene rings is 2. The van der Waals surface area contributed by atoms with Crippen molar-refractivity contribution in [3.8, 4) is 0 Å². The second kappa shape index (κ2) is 6.04. The zero-order valence-corrected chi connectivity index (χ0v) is 12.3. The van der Waals surface area contributed by atoms with Crippen molar-refractivity contribution in [3.05, 3.63) is 64.7 Å². The van der Waals surface area contributed by atoms with Crippen LogP contribution in [0.5, 0.6) is 0 Å². The number of carbonyl (C=O) groups excluding carboxylic acids is 1. The molecular formula is C17H17F2NO. The lowest BCUT2D eigenvalue weighted by molar-refractivity contribution is 0.0984. The number of hydrogen-bond acceptors (Lipinski definition) is 1. The molecule has 0 aromatic heterocycles. The SMILES string of the molecule is CCN(C(=O)c1cc(F)ccc1F)c1cc(C)ccc1C. The Morgan fingerprint density at radius 1 is 1.10 bits per heavy atom. The van der Waals surface area contributed by atoms with Crippen molar-refractivity contribution in [3.63, 3.8) is 0 Å². The first-order chi connectivity index (χ1) is 9.93. The van der Waals surface area contributed by atoms with E-state index >= 15 is 0 Å². The van der Waals surface area contributed by atoms with Gasteiger partial charge in [-0.3, -0.25) is 4.79 Å². The fraction of sp³-hybridized carbons (Fsp3) is 0.235. The van der Waals surface area contributed by atoms with Crippen LogP contribution in [0.25, 0.3) is 0 Å². The van der Waals surface area contributed by atoms with E-state index in [1.807, 2.05) is 32.0 Å². The first-order valence-corrected chi connectivity index (χ1v) is 6.78. The van der Waals surface area contributed by atoms with Gasteiger partial charge in [-0.1, -0.05) is 12.1 Å². The quantitative estimate of drug-likeness (QED) is 0.827. The van der Waals surface area contributed by atoms with E-state index in [4.69, 9.17) is 0 Å². The van der Waals surface area contributed by atoms with Crippen LogP contribution < -0.4 is 4.90 Å². The summed E-state index contributed by atoms with van der Waals surface area (Å²) < 4.78 is 27.1. The Morgan fingerprint density at radius 3 is 2.48 bits per heavy atom. The summed E-state index contributed by atoms with van der Waals surface area (Å²) in [7, 11) is 0. The molecule has 1 amide bonds. The molecule has 2 nitrogen and oxygen atoms in total. The van der Waals surface area contributed by atoms with E-state index in [1.165, 1.54) is 4.90 Å². The normalized spacial score (nSPS) is 10.5. The van der Waals surface area contributed by atoms with Gasteiger partial charge in [0.05, 0.1) is 5.56 Å². The fourth-order valence-corrected chi connectivity index (χ4v) is 2.24. The Labute approximate surface area is 123 Å². The lowest BCUT2D eigenvalue weighted by atomic mass is 10.1. The molecule has 0 aliphatic heterocycles. The highest BCUT2D eigenvalue weighted by atomic mass is 19.1. The lowest BCUT2D eigenvalue weighted by Crippen LogP contribution is -2.32. The van der Waals surface area contributed by atoms with Crippen LogP contribution in [0.2, 0.25) is 0 Å². The fourth-order valence-electron chi connectivity index (χ4n) is 2.24. The van der Waals surface area contributed by atoms with Crippen molar-refractivity contribution in [2.45, 2.75) is 20.8 Å². The number of aryl methyl sites for hydroxylation is 2. The Balaban J connectivity index is 2.48. The molecule has 0 aliphatic carbocycles. The highest BCUT2D eigenvalue weighted by Gasteiger charge is 2.21. The number of anilines is 1. The Morgan fingerprint density at radius 2 is 1.81 bits per heavy atom. The molecule has 0 saturated heterocycles. The molecule has 110 valence electrons. The minimum atomic E-state index is -0.717. The monoisotopic (exact) mass is 289 g/mol. The van der Waals surface area contributed by atoms with Crippen LogP contribution in [0.15, 0.2) is 36.4 Å². The summed E-state index contributed by atoms with van der Waals surface area (Å²) in [5.41, 5.74) is 2.37. The summed E-state index contributed by atoms with van der Waals surface area (Å²) in [6.07, 6.45) is 0. The van der Waals surface area contributed by atoms with Crippen LogP contribution >= 0.6 is 0 Å². The molecular weight excluding hydrogens is 272 g/mol. The largest absolute Gasteiger partial charge is 0.308 e. The summed E-state index contributed by atoms with van der Waals surface area (Å²) in [5.74, 6) is -1.88. The van der Waals surface area contributed by atoms with Gasteiger partial charge in [-0.05, 0) is 56.2 Å². The first-order valence-electron chi connectivity index (χ1n) is 6.78. The molecule has 0 fully saturated rings. The number of hydrogen-bond donors (Lipinski definition) is 0. The van der Waals surface area contributed by atoms with Crippen LogP contribution in [-0.2, 0) is 0 Å². The van der Waals surface area contributed by atoms with Gasteiger partial charge in [-0.15, -0.1) is 0 Å². The number of rotatable bonds is 3. The van der Waals surface area contributed by atoms with Gasteiger partial charge >= 0.3 is 0 Å². The average molecular weight is 289 g/mol. The molecule has 4 heteroatoms. The van der Waals surface area contributed by atoms with Gasteiger partial charge in [0.1, 0.15) is 11.6 Å². The summed E-state index contributed by atoms with van der Waals surface area (Å²) in [5, 5.41) is 0. The molecule has 2 rings (SSSR count). The second-order valence-corrected chi connectivity index (χ2v) is 4.96. The van der Waals surface area contributed by atoms with Crippen molar-refractivity contribution in [1.29, 1.82) is 0 Å². The predicted molar refractivity (Wildman–Crippen MR) is 79.6 cm³/mol. The lowest BCUT2D eigenvalue weighted by Gasteiger charge is -2.23. The highest BCUT2D eigenvalue weighted by Crippen LogP contribution is 2.24. The van der Waals surface area contributed by atoms with Gasteiger partial charge in [-0.25, -0.2) is 8.78 Å². The van der Waals surface area contributed by atoms with E-state index in [1.54, 1.807) is 6.92 Å². The van der Waals surface area contributed by atoms with E-state index in [0.717, 1.165) is 29.3 Å². The molecule has 0 N–H and O–H groups in total. The Kier molecular flexibility index (Phi) is 4.36. The van der Waals surface area contributed by atoms with E-state index in [9.17, 15) is 13.6 Å². The van der Waals surface area contributed by atoms with Crippen molar-refractivity contribution < 1.29 is 13.6 Å². The second-order valence-electron chi connectivity index (χ2n) is 4.96. The minimum absolute atomic E-state index is 0.252. The number of halogens is 2. The van der Waals surface area contributed by atoms with E-state index in [2.05, 4.69) is 0 Å². The Bertz CT molecular complexity index is 682. The number of carbonyl (C=O) groups is 1. The molecule has 2 aromatic rings. The van der Waals surface area contributed by atoms with Crippen LogP contribution in [0.3, 0.4) is 0 Å². The van der Waals surface area contributed by atoms with Gasteiger partial charge in [0.15, 0.2) is 0 Å². The molecule has 0 saturated carbocycles. The van der Waals surface area contributed by atoms with Gasteiger partial charge in [0.25, 0.3) is 5.91 Å². The van der Waals surface area contributed by atoms with Crippen LogP contribution in [-0.4, -0.2) is 12.5 Å². The predicted octanol–water partition coefficient (Wildman–Crippen LogP) is 4.25. The third kappa shape index (κ3) is 3.10. The molecule has 0 spiro atoms. The van der Waals surface area contributed by atoms with Gasteiger partial charge in [-0.2, -0.15) is 0 Å². The van der Waals surface area contributed by atoms with E-state index in [-0.39, 0.29) is 5.56 Å². The Hall–Kier alpha value is -2.23. The number of nitrogens with zero attached hydrogens (tertiary/aromatic N) is 1. The summed E-state index contributed by atoms with van der Waals surface area (Å²) in [6.45, 7) is 5.98. The smallest absolute Gasteiger partial charge is 0.261 e. The molecule has 21 heavy (non-hydrogen) atoms. The van der Waals surface area contributed by atoms with Crippen LogP contribution in [0.4, 0.5) is 14.5 Å². The standard InChI is InChI=1S/C17H17F2NO/c1-4-20(16-9-11(2)5-6-12(16)3)17(21)14-10-13(18)7-8-15(14)19/h5-10H,4H2,1-3H3. The first kappa shape index (κ1) is 15.2. The molecule has 0 radical (unpaired) electrons. The zero-order valence-electron chi connectivity index (χ0n) is 12.3. The van der Waals surface area contributed by atoms with Crippen LogP contribution in [0, 0.1) is 25.5 Å². The van der Waals surface area contributed by atoms with Gasteiger partial charge in [0.2, 0.25) is 0 Å². The highest BCUT2D eigenvalue weighted by molar-refractivity contribution is 6.06.